The third-order valence-corrected chi connectivity index (χ3v) is 12.0. The van der Waals surface area contributed by atoms with Gasteiger partial charge in [0.1, 0.15) is 11.2 Å². The lowest BCUT2D eigenvalue weighted by molar-refractivity contribution is 0.669. The summed E-state index contributed by atoms with van der Waals surface area (Å²) in [4.78, 5) is 2.35. The van der Waals surface area contributed by atoms with Crippen LogP contribution in [0.1, 0.15) is 0 Å². The lowest BCUT2D eigenvalue weighted by atomic mass is 9.97. The van der Waals surface area contributed by atoms with E-state index in [-0.39, 0.29) is 0 Å². The predicted octanol–water partition coefficient (Wildman–Crippen LogP) is 15.6. The second kappa shape index (κ2) is 12.9. The molecule has 0 aliphatic carbocycles. The highest BCUT2D eigenvalue weighted by Gasteiger charge is 2.16. The van der Waals surface area contributed by atoms with Crippen LogP contribution in [0.25, 0.3) is 86.3 Å². The van der Waals surface area contributed by atoms with Gasteiger partial charge in [0.2, 0.25) is 0 Å². The summed E-state index contributed by atoms with van der Waals surface area (Å²) in [6, 6.07) is 72.2. The van der Waals surface area contributed by atoms with Crippen molar-refractivity contribution >= 4 is 81.3 Å². The summed E-state index contributed by atoms with van der Waals surface area (Å²) in [6.07, 6.45) is 0. The molecule has 55 heavy (non-hydrogen) atoms. The van der Waals surface area contributed by atoms with E-state index in [1.165, 1.54) is 69.7 Å². The first-order chi connectivity index (χ1) is 27.2. The second-order valence-corrected chi connectivity index (χ2v) is 15.2. The molecule has 11 rings (SSSR count). The molecule has 0 saturated heterocycles. The molecule has 0 saturated carbocycles. The van der Waals surface area contributed by atoms with Gasteiger partial charge in [0.25, 0.3) is 0 Å². The van der Waals surface area contributed by atoms with Crippen LogP contribution in [0.5, 0.6) is 0 Å². The number of furan rings is 1. The summed E-state index contributed by atoms with van der Waals surface area (Å²) < 4.78 is 8.86. The van der Waals surface area contributed by atoms with Gasteiger partial charge in [0.05, 0.1) is 0 Å². The zero-order valence-electron chi connectivity index (χ0n) is 29.8. The van der Waals surface area contributed by atoms with E-state index < -0.39 is 0 Å². The average Bonchev–Trinajstić information content (AvgIpc) is 3.84. The van der Waals surface area contributed by atoms with E-state index in [0.29, 0.717) is 0 Å². The van der Waals surface area contributed by atoms with Gasteiger partial charge in [-0.2, -0.15) is 0 Å². The molecule has 0 aliphatic rings. The number of hydrogen-bond acceptors (Lipinski definition) is 3. The third-order valence-electron chi connectivity index (χ3n) is 10.9. The number of anilines is 3. The quantitative estimate of drug-likeness (QED) is 0.170. The summed E-state index contributed by atoms with van der Waals surface area (Å²) in [5.41, 5.74) is 12.4. The SMILES string of the molecule is c1ccc(-c2ccc(N(c3ccc(-c4ccc5ccc6oc7ccccc7c6c5c4)cc3)c3ccc(-c4cccc5sc6ccccc6c45)cc3)cc2)cc1. The van der Waals surface area contributed by atoms with Gasteiger partial charge in [-0.3, -0.25) is 0 Å². The lowest BCUT2D eigenvalue weighted by Crippen LogP contribution is -2.09. The van der Waals surface area contributed by atoms with Gasteiger partial charge in [-0.25, -0.2) is 0 Å². The first-order valence-corrected chi connectivity index (χ1v) is 19.5. The van der Waals surface area contributed by atoms with Gasteiger partial charge in [-0.1, -0.05) is 133 Å². The molecule has 0 aliphatic heterocycles. The first-order valence-electron chi connectivity index (χ1n) is 18.7. The van der Waals surface area contributed by atoms with Crippen LogP contribution in [0.2, 0.25) is 0 Å². The largest absolute Gasteiger partial charge is 0.456 e. The van der Waals surface area contributed by atoms with Crippen molar-refractivity contribution in [3.05, 3.63) is 200 Å². The number of para-hydroxylation sites is 1. The van der Waals surface area contributed by atoms with E-state index >= 15 is 0 Å². The molecular formula is C52H33NOS. The van der Waals surface area contributed by atoms with Crippen molar-refractivity contribution < 1.29 is 4.42 Å². The van der Waals surface area contributed by atoms with E-state index in [4.69, 9.17) is 4.42 Å². The molecule has 2 nitrogen and oxygen atoms in total. The number of hydrogen-bond donors (Lipinski definition) is 0. The van der Waals surface area contributed by atoms with Gasteiger partial charge in [-0.05, 0) is 111 Å². The molecule has 0 amide bonds. The molecular weight excluding hydrogens is 687 g/mol. The van der Waals surface area contributed by atoms with Crippen LogP contribution in [0.3, 0.4) is 0 Å². The number of fused-ring (bicyclic) bond motifs is 8. The Bertz CT molecular complexity index is 3170. The Hall–Kier alpha value is -6.94. The lowest BCUT2D eigenvalue weighted by Gasteiger charge is -2.26. The Kier molecular flexibility index (Phi) is 7.39. The highest BCUT2D eigenvalue weighted by Crippen LogP contribution is 2.42. The number of benzene rings is 9. The zero-order valence-corrected chi connectivity index (χ0v) is 30.6. The Morgan fingerprint density at radius 3 is 1.65 bits per heavy atom. The molecule has 9 aromatic carbocycles. The molecule has 0 fully saturated rings. The molecule has 2 aromatic heterocycles. The number of rotatable bonds is 6. The molecule has 0 atom stereocenters. The fourth-order valence-corrected chi connectivity index (χ4v) is 9.34. The maximum atomic E-state index is 6.22. The maximum Gasteiger partial charge on any atom is 0.136 e. The highest BCUT2D eigenvalue weighted by atomic mass is 32.1. The van der Waals surface area contributed by atoms with Gasteiger partial charge >= 0.3 is 0 Å². The van der Waals surface area contributed by atoms with Gasteiger partial charge in [-0.15, -0.1) is 11.3 Å². The van der Waals surface area contributed by atoms with E-state index in [0.717, 1.165) is 33.6 Å². The van der Waals surface area contributed by atoms with Crippen LogP contribution in [-0.2, 0) is 0 Å². The van der Waals surface area contributed by atoms with Crippen molar-refractivity contribution in [3.8, 4) is 33.4 Å². The molecule has 2 heterocycles. The van der Waals surface area contributed by atoms with Crippen LogP contribution in [0.15, 0.2) is 205 Å². The zero-order chi connectivity index (χ0) is 36.3. The molecule has 11 aromatic rings. The molecule has 0 N–H and O–H groups in total. The minimum atomic E-state index is 0.918. The predicted molar refractivity (Wildman–Crippen MR) is 235 cm³/mol. The standard InChI is InChI=1S/C52H33NOS/c1-2-9-34(10-3-1)35-19-26-40(27-20-35)53(42-30-23-37(24-31-42)43-13-8-16-50-52(43)45-12-5-7-15-49(45)55-50)41-28-21-36(22-29-41)39-18-17-38-25-32-48-51(46(38)33-39)44-11-4-6-14-47(44)54-48/h1-33H. The van der Waals surface area contributed by atoms with Crippen LogP contribution >= 0.6 is 11.3 Å². The Morgan fingerprint density at radius 2 is 0.909 bits per heavy atom. The highest BCUT2D eigenvalue weighted by molar-refractivity contribution is 7.25. The fourth-order valence-electron chi connectivity index (χ4n) is 8.21. The summed E-state index contributed by atoms with van der Waals surface area (Å²) in [5, 5.41) is 7.37. The molecule has 0 spiro atoms. The monoisotopic (exact) mass is 719 g/mol. The van der Waals surface area contributed by atoms with Gasteiger partial charge in [0, 0.05) is 48.0 Å². The van der Waals surface area contributed by atoms with Crippen LogP contribution < -0.4 is 4.90 Å². The molecule has 3 heteroatoms. The Morgan fingerprint density at radius 1 is 0.345 bits per heavy atom. The van der Waals surface area contributed by atoms with Crippen LogP contribution in [0.4, 0.5) is 17.1 Å². The van der Waals surface area contributed by atoms with Crippen molar-refractivity contribution in [2.75, 3.05) is 4.90 Å². The first kappa shape index (κ1) is 31.6. The maximum absolute atomic E-state index is 6.22. The summed E-state index contributed by atoms with van der Waals surface area (Å²) in [7, 11) is 0. The molecule has 0 bridgehead atoms. The Labute approximate surface area is 322 Å². The van der Waals surface area contributed by atoms with E-state index in [1.54, 1.807) is 0 Å². The fraction of sp³-hybridized carbons (Fsp3) is 0. The van der Waals surface area contributed by atoms with E-state index in [1.807, 2.05) is 23.5 Å². The third kappa shape index (κ3) is 5.40. The average molecular weight is 720 g/mol. The minimum Gasteiger partial charge on any atom is -0.456 e. The van der Waals surface area contributed by atoms with Crippen LogP contribution in [0, 0.1) is 0 Å². The van der Waals surface area contributed by atoms with E-state index in [9.17, 15) is 0 Å². The van der Waals surface area contributed by atoms with Gasteiger partial charge in [0.15, 0.2) is 0 Å². The summed E-state index contributed by atoms with van der Waals surface area (Å²) >= 11 is 1.86. The van der Waals surface area contributed by atoms with E-state index in [2.05, 4.69) is 193 Å². The number of nitrogens with zero attached hydrogens (tertiary/aromatic N) is 1. The topological polar surface area (TPSA) is 16.4 Å². The molecule has 258 valence electrons. The van der Waals surface area contributed by atoms with Crippen molar-refractivity contribution in [1.82, 2.24) is 0 Å². The van der Waals surface area contributed by atoms with Crippen molar-refractivity contribution in [2.24, 2.45) is 0 Å². The smallest absolute Gasteiger partial charge is 0.136 e. The minimum absolute atomic E-state index is 0.918. The molecule has 0 radical (unpaired) electrons. The second-order valence-electron chi connectivity index (χ2n) is 14.1. The van der Waals surface area contributed by atoms with Crippen molar-refractivity contribution in [3.63, 3.8) is 0 Å². The van der Waals surface area contributed by atoms with Gasteiger partial charge < -0.3 is 9.32 Å². The number of thiophene rings is 1. The molecule has 0 unspecified atom stereocenters. The summed E-state index contributed by atoms with van der Waals surface area (Å²) in [5.74, 6) is 0. The Balaban J connectivity index is 0.995. The van der Waals surface area contributed by atoms with Crippen LogP contribution in [-0.4, -0.2) is 0 Å². The summed E-state index contributed by atoms with van der Waals surface area (Å²) in [6.45, 7) is 0. The normalized spacial score (nSPS) is 11.6. The van der Waals surface area contributed by atoms with Crippen molar-refractivity contribution in [2.45, 2.75) is 0 Å². The van der Waals surface area contributed by atoms with Crippen molar-refractivity contribution in [1.29, 1.82) is 0 Å².